The summed E-state index contributed by atoms with van der Waals surface area (Å²) in [6, 6.07) is 0. The van der Waals surface area contributed by atoms with Crippen LogP contribution in [0.25, 0.3) is 0 Å². The smallest absolute Gasteiger partial charge is 0.0209 e. The molecule has 0 atom stereocenters. The van der Waals surface area contributed by atoms with E-state index >= 15 is 0 Å². The van der Waals surface area contributed by atoms with Gasteiger partial charge in [-0.3, -0.25) is 4.31 Å². The van der Waals surface area contributed by atoms with Crippen LogP contribution in [0.15, 0.2) is 0 Å². The maximum absolute atomic E-state index is 4.03. The normalized spacial score (nSPS) is 8.67. The molecule has 0 aromatic carbocycles. The lowest BCUT2D eigenvalue weighted by Gasteiger charge is -2.05. The molecule has 0 amide bonds. The van der Waals surface area contributed by atoms with Crippen molar-refractivity contribution in [2.45, 2.75) is 13.8 Å². The highest BCUT2D eigenvalue weighted by Crippen LogP contribution is 1.80. The number of nitrogens with zero attached hydrogens (tertiary/aromatic N) is 1. The molecule has 0 bridgehead atoms. The van der Waals surface area contributed by atoms with Gasteiger partial charge in [0.05, 0.1) is 0 Å². The molecule has 0 saturated carbocycles. The van der Waals surface area contributed by atoms with Crippen molar-refractivity contribution in [1.29, 1.82) is 0 Å². The van der Waals surface area contributed by atoms with E-state index in [0.717, 1.165) is 13.1 Å². The van der Waals surface area contributed by atoms with Crippen LogP contribution in [0.4, 0.5) is 0 Å². The van der Waals surface area contributed by atoms with E-state index in [1.165, 1.54) is 0 Å². The molecule has 0 aliphatic rings. The van der Waals surface area contributed by atoms with Crippen molar-refractivity contribution in [1.82, 2.24) is 9.62 Å². The highest BCUT2D eigenvalue weighted by molar-refractivity contribution is 7.77. The molecule has 0 rings (SSSR count). The maximum Gasteiger partial charge on any atom is 0.0209 e. The van der Waals surface area contributed by atoms with Crippen LogP contribution >= 0.6 is 12.8 Å². The number of thiol groups is 1. The maximum atomic E-state index is 4.03. The highest BCUT2D eigenvalue weighted by Gasteiger charge is 1.83. The Labute approximate surface area is 64.2 Å². The van der Waals surface area contributed by atoms with Gasteiger partial charge in [0.1, 0.15) is 0 Å². The van der Waals surface area contributed by atoms with E-state index in [4.69, 9.17) is 0 Å². The average Bonchev–Trinajstić information content (AvgIpc) is 1.88. The molecule has 3 heteroatoms. The van der Waals surface area contributed by atoms with Gasteiger partial charge < -0.3 is 5.32 Å². The SMILES string of the molecule is CC.CNCCN(C)S. The summed E-state index contributed by atoms with van der Waals surface area (Å²) in [5.74, 6) is 0. The zero-order valence-electron chi connectivity index (χ0n) is 6.81. The summed E-state index contributed by atoms with van der Waals surface area (Å²) in [6.07, 6.45) is 0. The van der Waals surface area contributed by atoms with Crippen LogP contribution in [0.3, 0.4) is 0 Å². The molecule has 0 saturated heterocycles. The largest absolute Gasteiger partial charge is 0.318 e. The third-order valence-electron chi connectivity index (χ3n) is 0.685. The van der Waals surface area contributed by atoms with Gasteiger partial charge in [0.25, 0.3) is 0 Å². The van der Waals surface area contributed by atoms with Crippen LogP contribution in [0.5, 0.6) is 0 Å². The Morgan fingerprint density at radius 1 is 1.44 bits per heavy atom. The molecule has 0 aliphatic carbocycles. The summed E-state index contributed by atoms with van der Waals surface area (Å²) in [5, 5.41) is 3.01. The Bertz CT molecular complexity index is 40.0. The Morgan fingerprint density at radius 3 is 2.00 bits per heavy atom. The molecular weight excluding hydrogens is 132 g/mol. The van der Waals surface area contributed by atoms with Crippen LogP contribution < -0.4 is 5.32 Å². The van der Waals surface area contributed by atoms with E-state index in [1.807, 2.05) is 32.2 Å². The van der Waals surface area contributed by atoms with Crippen molar-refractivity contribution in [3.8, 4) is 0 Å². The van der Waals surface area contributed by atoms with Crippen molar-refractivity contribution in [3.05, 3.63) is 0 Å². The zero-order chi connectivity index (χ0) is 7.70. The van der Waals surface area contributed by atoms with Crippen LogP contribution in [-0.4, -0.2) is 31.5 Å². The lowest BCUT2D eigenvalue weighted by Crippen LogP contribution is -2.20. The van der Waals surface area contributed by atoms with Gasteiger partial charge in [-0.1, -0.05) is 26.7 Å². The molecule has 2 nitrogen and oxygen atoms in total. The lowest BCUT2D eigenvalue weighted by molar-refractivity contribution is 0.555. The van der Waals surface area contributed by atoms with Gasteiger partial charge in [-0.25, -0.2) is 0 Å². The van der Waals surface area contributed by atoms with Gasteiger partial charge in [0.15, 0.2) is 0 Å². The Morgan fingerprint density at radius 2 is 1.89 bits per heavy atom. The van der Waals surface area contributed by atoms with Crippen molar-refractivity contribution in [2.24, 2.45) is 0 Å². The van der Waals surface area contributed by atoms with Crippen LogP contribution in [-0.2, 0) is 0 Å². The van der Waals surface area contributed by atoms with E-state index in [1.54, 1.807) is 0 Å². The molecular formula is C6H18N2S. The van der Waals surface area contributed by atoms with E-state index in [0.29, 0.717) is 0 Å². The molecule has 1 N–H and O–H groups in total. The minimum Gasteiger partial charge on any atom is -0.318 e. The van der Waals surface area contributed by atoms with Gasteiger partial charge in [-0.2, -0.15) is 0 Å². The summed E-state index contributed by atoms with van der Waals surface area (Å²) < 4.78 is 1.84. The first kappa shape index (κ1) is 12.0. The summed E-state index contributed by atoms with van der Waals surface area (Å²) >= 11 is 4.03. The third kappa shape index (κ3) is 17.8. The van der Waals surface area contributed by atoms with Crippen LogP contribution in [0.1, 0.15) is 13.8 Å². The standard InChI is InChI=1S/C4H12N2S.C2H6/c1-5-3-4-6(2)7;1-2/h5,7H,3-4H2,1-2H3;1-2H3. The van der Waals surface area contributed by atoms with Gasteiger partial charge in [0, 0.05) is 13.1 Å². The Balaban J connectivity index is 0. The quantitative estimate of drug-likeness (QED) is 0.584. The molecule has 0 spiro atoms. The van der Waals surface area contributed by atoms with E-state index in [2.05, 4.69) is 18.1 Å². The van der Waals surface area contributed by atoms with E-state index in [-0.39, 0.29) is 0 Å². The van der Waals surface area contributed by atoms with Crippen molar-refractivity contribution in [2.75, 3.05) is 27.2 Å². The predicted molar refractivity (Wildman–Crippen MR) is 46.9 cm³/mol. The second-order valence-corrected chi connectivity index (χ2v) is 2.17. The topological polar surface area (TPSA) is 15.3 Å². The average molecular weight is 150 g/mol. The van der Waals surface area contributed by atoms with Gasteiger partial charge in [0.2, 0.25) is 0 Å². The van der Waals surface area contributed by atoms with E-state index < -0.39 is 0 Å². The van der Waals surface area contributed by atoms with Gasteiger partial charge >= 0.3 is 0 Å². The first-order chi connectivity index (χ1) is 4.27. The molecule has 0 aromatic rings. The van der Waals surface area contributed by atoms with Gasteiger partial charge in [-0.05, 0) is 14.1 Å². The van der Waals surface area contributed by atoms with Crippen molar-refractivity contribution >= 4 is 12.8 Å². The molecule has 9 heavy (non-hydrogen) atoms. The predicted octanol–water partition coefficient (Wildman–Crippen LogP) is 1.01. The van der Waals surface area contributed by atoms with Crippen molar-refractivity contribution < 1.29 is 0 Å². The number of hydrogen-bond donors (Lipinski definition) is 2. The molecule has 0 aliphatic heterocycles. The molecule has 58 valence electrons. The summed E-state index contributed by atoms with van der Waals surface area (Å²) in [4.78, 5) is 0. The fourth-order valence-electron chi connectivity index (χ4n) is 0.274. The monoisotopic (exact) mass is 150 g/mol. The summed E-state index contributed by atoms with van der Waals surface area (Å²) in [7, 11) is 3.86. The minimum absolute atomic E-state index is 0.986. The Hall–Kier alpha value is 0.270. The molecule has 0 unspecified atom stereocenters. The second-order valence-electron chi connectivity index (χ2n) is 1.48. The number of likely N-dealkylation sites (N-methyl/N-ethyl adjacent to an activating group) is 2. The van der Waals surface area contributed by atoms with Gasteiger partial charge in [-0.15, -0.1) is 0 Å². The third-order valence-corrected chi connectivity index (χ3v) is 0.885. The molecule has 0 radical (unpaired) electrons. The minimum atomic E-state index is 0.986. The number of hydrogen-bond acceptors (Lipinski definition) is 3. The van der Waals surface area contributed by atoms with Crippen LogP contribution in [0, 0.1) is 0 Å². The highest BCUT2D eigenvalue weighted by atomic mass is 32.1. The number of rotatable bonds is 3. The second kappa shape index (κ2) is 11.1. The Kier molecular flexibility index (Phi) is 14.8. The summed E-state index contributed by atoms with van der Waals surface area (Å²) in [5.41, 5.74) is 0. The fourth-order valence-corrected chi connectivity index (χ4v) is 0.374. The molecule has 0 heterocycles. The molecule has 0 fully saturated rings. The van der Waals surface area contributed by atoms with Crippen LogP contribution in [0.2, 0.25) is 0 Å². The first-order valence-corrected chi connectivity index (χ1v) is 3.72. The lowest BCUT2D eigenvalue weighted by atomic mass is 10.6. The fraction of sp³-hybridized carbons (Fsp3) is 1.00. The molecule has 0 aromatic heterocycles. The zero-order valence-corrected chi connectivity index (χ0v) is 7.70. The van der Waals surface area contributed by atoms with Crippen molar-refractivity contribution in [3.63, 3.8) is 0 Å². The van der Waals surface area contributed by atoms with E-state index in [9.17, 15) is 0 Å². The summed E-state index contributed by atoms with van der Waals surface area (Å²) in [6.45, 7) is 5.99. The first-order valence-electron chi connectivity index (χ1n) is 3.32. The number of nitrogens with one attached hydrogen (secondary N) is 1.